The Morgan fingerprint density at radius 2 is 2.17 bits per heavy atom. The van der Waals surface area contributed by atoms with Crippen molar-refractivity contribution >= 4 is 5.97 Å². The minimum absolute atomic E-state index is 0.173. The standard InChI is InChI=1S/C15H17FO2/c16-14-8-4-3-7-13(14)9-11-5-1-2-6-12(11)10-15(17)18/h3-4,7-8,10-11H,1-2,5-6,9H2,(H,17,18)/t11-/m0/s1. The van der Waals surface area contributed by atoms with E-state index in [4.69, 9.17) is 5.11 Å². The van der Waals surface area contributed by atoms with Crippen LogP contribution in [0, 0.1) is 11.7 Å². The molecule has 0 spiro atoms. The van der Waals surface area contributed by atoms with Crippen LogP contribution in [0.5, 0.6) is 0 Å². The summed E-state index contributed by atoms with van der Waals surface area (Å²) in [6.45, 7) is 0. The first-order chi connectivity index (χ1) is 8.66. The molecule has 96 valence electrons. The normalized spacial score (nSPS) is 22.1. The molecule has 0 radical (unpaired) electrons. The van der Waals surface area contributed by atoms with Gasteiger partial charge in [-0.15, -0.1) is 0 Å². The Balaban J connectivity index is 2.15. The monoisotopic (exact) mass is 248 g/mol. The highest BCUT2D eigenvalue weighted by Gasteiger charge is 2.21. The van der Waals surface area contributed by atoms with Crippen LogP contribution in [0.15, 0.2) is 35.9 Å². The molecule has 2 rings (SSSR count). The van der Waals surface area contributed by atoms with E-state index < -0.39 is 5.97 Å². The molecule has 2 nitrogen and oxygen atoms in total. The highest BCUT2D eigenvalue weighted by Crippen LogP contribution is 2.32. The summed E-state index contributed by atoms with van der Waals surface area (Å²) in [4.78, 5) is 10.8. The fourth-order valence-corrected chi connectivity index (χ4v) is 2.62. The molecule has 3 heteroatoms. The van der Waals surface area contributed by atoms with Gasteiger partial charge in [0.1, 0.15) is 5.82 Å². The van der Waals surface area contributed by atoms with Gasteiger partial charge in [0.25, 0.3) is 0 Å². The van der Waals surface area contributed by atoms with Crippen molar-refractivity contribution in [2.24, 2.45) is 5.92 Å². The number of rotatable bonds is 3. The highest BCUT2D eigenvalue weighted by atomic mass is 19.1. The summed E-state index contributed by atoms with van der Waals surface area (Å²) in [6.07, 6.45) is 5.82. The SMILES string of the molecule is O=C(O)C=C1CCCC[C@H]1Cc1ccccc1F. The topological polar surface area (TPSA) is 37.3 Å². The molecule has 1 atom stereocenters. The molecule has 0 heterocycles. The zero-order chi connectivity index (χ0) is 13.0. The number of hydrogen-bond donors (Lipinski definition) is 1. The fraction of sp³-hybridized carbons (Fsp3) is 0.400. The molecule has 1 aromatic carbocycles. The molecular formula is C15H17FO2. The summed E-state index contributed by atoms with van der Waals surface area (Å²) >= 11 is 0. The molecule has 1 saturated carbocycles. The first-order valence-electron chi connectivity index (χ1n) is 6.33. The van der Waals surface area contributed by atoms with E-state index in [1.807, 2.05) is 6.07 Å². The third-order valence-corrected chi connectivity index (χ3v) is 3.53. The van der Waals surface area contributed by atoms with E-state index in [-0.39, 0.29) is 11.7 Å². The molecule has 0 amide bonds. The average Bonchev–Trinajstić information content (AvgIpc) is 2.34. The lowest BCUT2D eigenvalue weighted by atomic mass is 9.80. The number of allylic oxidation sites excluding steroid dienone is 1. The van der Waals surface area contributed by atoms with Crippen LogP contribution in [0.25, 0.3) is 0 Å². The molecule has 1 fully saturated rings. The maximum Gasteiger partial charge on any atom is 0.328 e. The summed E-state index contributed by atoms with van der Waals surface area (Å²) in [7, 11) is 0. The van der Waals surface area contributed by atoms with Gasteiger partial charge in [0.2, 0.25) is 0 Å². The van der Waals surface area contributed by atoms with Gasteiger partial charge >= 0.3 is 5.97 Å². The largest absolute Gasteiger partial charge is 0.478 e. The molecule has 1 aromatic rings. The van der Waals surface area contributed by atoms with Crippen LogP contribution in [-0.2, 0) is 11.2 Å². The lowest BCUT2D eigenvalue weighted by Crippen LogP contribution is -2.15. The lowest BCUT2D eigenvalue weighted by molar-refractivity contribution is -0.131. The molecule has 0 saturated heterocycles. The van der Waals surface area contributed by atoms with Crippen LogP contribution in [0.4, 0.5) is 4.39 Å². The second-order valence-electron chi connectivity index (χ2n) is 4.80. The van der Waals surface area contributed by atoms with E-state index in [9.17, 15) is 9.18 Å². The zero-order valence-corrected chi connectivity index (χ0v) is 10.2. The van der Waals surface area contributed by atoms with Crippen molar-refractivity contribution < 1.29 is 14.3 Å². The van der Waals surface area contributed by atoms with E-state index >= 15 is 0 Å². The van der Waals surface area contributed by atoms with Crippen LogP contribution in [-0.4, -0.2) is 11.1 Å². The number of carbonyl (C=O) groups is 1. The van der Waals surface area contributed by atoms with Crippen LogP contribution in [0.2, 0.25) is 0 Å². The second kappa shape index (κ2) is 5.80. The number of halogens is 1. The van der Waals surface area contributed by atoms with Crippen molar-refractivity contribution in [3.8, 4) is 0 Å². The minimum Gasteiger partial charge on any atom is -0.478 e. The van der Waals surface area contributed by atoms with Gasteiger partial charge < -0.3 is 5.11 Å². The maximum atomic E-state index is 13.6. The van der Waals surface area contributed by atoms with E-state index in [1.54, 1.807) is 12.1 Å². The third-order valence-electron chi connectivity index (χ3n) is 3.53. The van der Waals surface area contributed by atoms with Crippen LogP contribution >= 0.6 is 0 Å². The zero-order valence-electron chi connectivity index (χ0n) is 10.2. The predicted molar refractivity (Wildman–Crippen MR) is 67.8 cm³/mol. The van der Waals surface area contributed by atoms with Gasteiger partial charge in [0.15, 0.2) is 0 Å². The molecular weight excluding hydrogens is 231 g/mol. The molecule has 0 aliphatic heterocycles. The van der Waals surface area contributed by atoms with Crippen molar-refractivity contribution in [2.45, 2.75) is 32.1 Å². The predicted octanol–water partition coefficient (Wildman–Crippen LogP) is 3.57. The Labute approximate surface area is 106 Å². The lowest BCUT2D eigenvalue weighted by Gasteiger charge is -2.25. The van der Waals surface area contributed by atoms with Crippen molar-refractivity contribution in [1.82, 2.24) is 0 Å². The van der Waals surface area contributed by atoms with Crippen LogP contribution in [0.1, 0.15) is 31.2 Å². The van der Waals surface area contributed by atoms with E-state index in [2.05, 4.69) is 0 Å². The smallest absolute Gasteiger partial charge is 0.328 e. The minimum atomic E-state index is -0.898. The van der Waals surface area contributed by atoms with Gasteiger partial charge in [-0.2, -0.15) is 0 Å². The van der Waals surface area contributed by atoms with Crippen molar-refractivity contribution in [2.75, 3.05) is 0 Å². The Bertz CT molecular complexity index is 465. The molecule has 0 bridgehead atoms. The summed E-state index contributed by atoms with van der Waals surface area (Å²) in [5, 5.41) is 8.85. The maximum absolute atomic E-state index is 13.6. The molecule has 1 aliphatic carbocycles. The molecule has 1 N–H and O–H groups in total. The second-order valence-corrected chi connectivity index (χ2v) is 4.80. The van der Waals surface area contributed by atoms with Crippen LogP contribution < -0.4 is 0 Å². The Hall–Kier alpha value is -1.64. The Kier molecular flexibility index (Phi) is 4.13. The molecule has 0 aromatic heterocycles. The van der Waals surface area contributed by atoms with E-state index in [0.29, 0.717) is 12.0 Å². The quantitative estimate of drug-likeness (QED) is 0.830. The summed E-state index contributed by atoms with van der Waals surface area (Å²) in [6, 6.07) is 6.73. The number of aliphatic carboxylic acids is 1. The fourth-order valence-electron chi connectivity index (χ4n) is 2.62. The van der Waals surface area contributed by atoms with Crippen molar-refractivity contribution in [3.05, 3.63) is 47.3 Å². The Morgan fingerprint density at radius 1 is 1.39 bits per heavy atom. The van der Waals surface area contributed by atoms with E-state index in [0.717, 1.165) is 31.3 Å². The van der Waals surface area contributed by atoms with Crippen molar-refractivity contribution in [1.29, 1.82) is 0 Å². The number of hydrogen-bond acceptors (Lipinski definition) is 1. The number of carboxylic acids is 1. The van der Waals surface area contributed by atoms with Gasteiger partial charge in [-0.1, -0.05) is 30.2 Å². The van der Waals surface area contributed by atoms with Gasteiger partial charge in [-0.25, -0.2) is 9.18 Å². The molecule has 1 aliphatic rings. The number of benzene rings is 1. The molecule has 18 heavy (non-hydrogen) atoms. The van der Waals surface area contributed by atoms with Gasteiger partial charge in [-0.3, -0.25) is 0 Å². The Morgan fingerprint density at radius 3 is 2.89 bits per heavy atom. The third kappa shape index (κ3) is 3.19. The van der Waals surface area contributed by atoms with Gasteiger partial charge in [0.05, 0.1) is 0 Å². The first-order valence-corrected chi connectivity index (χ1v) is 6.33. The average molecular weight is 248 g/mol. The van der Waals surface area contributed by atoms with Crippen molar-refractivity contribution in [3.63, 3.8) is 0 Å². The molecule has 0 unspecified atom stereocenters. The summed E-state index contributed by atoms with van der Waals surface area (Å²) in [5.41, 5.74) is 1.64. The van der Waals surface area contributed by atoms with E-state index in [1.165, 1.54) is 12.1 Å². The highest BCUT2D eigenvalue weighted by molar-refractivity contribution is 5.80. The van der Waals surface area contributed by atoms with Gasteiger partial charge in [0, 0.05) is 6.08 Å². The van der Waals surface area contributed by atoms with Gasteiger partial charge in [-0.05, 0) is 43.2 Å². The summed E-state index contributed by atoms with van der Waals surface area (Å²) in [5.74, 6) is -0.921. The van der Waals surface area contributed by atoms with Crippen LogP contribution in [0.3, 0.4) is 0 Å². The first kappa shape index (κ1) is 12.8. The summed E-state index contributed by atoms with van der Waals surface area (Å²) < 4.78 is 13.6. The number of carboxylic acid groups (broad SMARTS) is 1.